The molecule has 2 aromatic heterocycles. The molecule has 2 aromatic carbocycles. The maximum atomic E-state index is 13.6. The molecule has 0 spiro atoms. The van der Waals surface area contributed by atoms with Crippen molar-refractivity contribution in [3.05, 3.63) is 64.7 Å². The van der Waals surface area contributed by atoms with Gasteiger partial charge in [0.25, 0.3) is 0 Å². The van der Waals surface area contributed by atoms with Gasteiger partial charge in [-0.1, -0.05) is 38.1 Å². The van der Waals surface area contributed by atoms with Crippen LogP contribution in [0.1, 0.15) is 42.7 Å². The third-order valence-electron chi connectivity index (χ3n) is 6.05. The number of hydrogen-bond donors (Lipinski definition) is 2. The number of aromatic nitrogens is 1. The van der Waals surface area contributed by atoms with Crippen molar-refractivity contribution in [2.75, 3.05) is 11.0 Å². The number of nitrogens with one attached hydrogen (secondary N) is 2. The number of alkyl halides is 3. The van der Waals surface area contributed by atoms with E-state index in [0.717, 1.165) is 28.1 Å². The predicted octanol–water partition coefficient (Wildman–Crippen LogP) is 6.88. The molecule has 0 saturated carbocycles. The van der Waals surface area contributed by atoms with Crippen molar-refractivity contribution >= 4 is 48.0 Å². The second-order valence-electron chi connectivity index (χ2n) is 7.93. The minimum Gasteiger partial charge on any atom is -0.359 e. The highest BCUT2D eigenvalue weighted by Crippen LogP contribution is 2.48. The molecule has 0 atom stereocenters. The van der Waals surface area contributed by atoms with Gasteiger partial charge in [-0.3, -0.25) is 4.72 Å². The number of aromatic amines is 1. The monoisotopic (exact) mass is 480 g/mol. The van der Waals surface area contributed by atoms with Gasteiger partial charge in [0.1, 0.15) is 0 Å². The maximum absolute atomic E-state index is 13.6. The van der Waals surface area contributed by atoms with Crippen LogP contribution in [0.4, 0.5) is 18.9 Å². The van der Waals surface area contributed by atoms with Crippen LogP contribution in [0.25, 0.3) is 21.0 Å². The summed E-state index contributed by atoms with van der Waals surface area (Å²) < 4.78 is 67.1. The second kappa shape index (κ2) is 7.81. The summed E-state index contributed by atoms with van der Waals surface area (Å²) in [5.41, 5.74) is 0.888. The molecule has 32 heavy (non-hydrogen) atoms. The van der Waals surface area contributed by atoms with E-state index in [-0.39, 0.29) is 4.70 Å². The Bertz CT molecular complexity index is 1400. The molecule has 0 aliphatic heterocycles. The van der Waals surface area contributed by atoms with Gasteiger partial charge < -0.3 is 4.98 Å². The van der Waals surface area contributed by atoms with Crippen molar-refractivity contribution in [3.8, 4) is 0 Å². The lowest BCUT2D eigenvalue weighted by molar-refractivity contribution is -0.136. The van der Waals surface area contributed by atoms with Crippen LogP contribution >= 0.6 is 11.3 Å². The standard InChI is InChI=1S/C23H23F3N2O2S2/c1-4-22(5-2,19-12-14-8-6-10-16(21(14)31-19)23(24,25)26)17-13-27-20-15(17)9-7-11-18(20)28-32(3,29)30/h6-13,27-28H,4-5H2,1-3H3. The van der Waals surface area contributed by atoms with Crippen LogP contribution in [0.2, 0.25) is 0 Å². The summed E-state index contributed by atoms with van der Waals surface area (Å²) in [6.07, 6.45) is -0.133. The Hall–Kier alpha value is -2.52. The molecule has 0 fully saturated rings. The largest absolute Gasteiger partial charge is 0.417 e. The van der Waals surface area contributed by atoms with Crippen LogP contribution in [-0.4, -0.2) is 19.7 Å². The summed E-state index contributed by atoms with van der Waals surface area (Å²) in [6.45, 7) is 4.05. The number of H-pyrrole nitrogens is 1. The summed E-state index contributed by atoms with van der Waals surface area (Å²) in [4.78, 5) is 4.05. The van der Waals surface area contributed by atoms with Gasteiger partial charge in [0, 0.05) is 26.6 Å². The molecule has 0 aliphatic rings. The summed E-state index contributed by atoms with van der Waals surface area (Å²) in [5, 5.41) is 1.42. The van der Waals surface area contributed by atoms with Crippen molar-refractivity contribution in [1.82, 2.24) is 4.98 Å². The third kappa shape index (κ3) is 3.77. The van der Waals surface area contributed by atoms with Gasteiger partial charge in [0.2, 0.25) is 10.0 Å². The molecule has 2 N–H and O–H groups in total. The van der Waals surface area contributed by atoms with Gasteiger partial charge in [0.05, 0.1) is 23.0 Å². The Balaban J connectivity index is 1.95. The van der Waals surface area contributed by atoms with Crippen LogP contribution in [-0.2, 0) is 21.6 Å². The normalized spacial score (nSPS) is 13.2. The second-order valence-corrected chi connectivity index (χ2v) is 10.7. The van der Waals surface area contributed by atoms with Crippen molar-refractivity contribution in [3.63, 3.8) is 0 Å². The van der Waals surface area contributed by atoms with Crippen LogP contribution in [0.5, 0.6) is 0 Å². The Kier molecular flexibility index (Phi) is 5.53. The Morgan fingerprint density at radius 3 is 2.34 bits per heavy atom. The highest BCUT2D eigenvalue weighted by atomic mass is 32.2. The summed E-state index contributed by atoms with van der Waals surface area (Å²) >= 11 is 1.18. The van der Waals surface area contributed by atoms with Crippen LogP contribution < -0.4 is 4.72 Å². The first-order chi connectivity index (χ1) is 15.0. The van der Waals surface area contributed by atoms with E-state index in [2.05, 4.69) is 9.71 Å². The van der Waals surface area contributed by atoms with Crippen molar-refractivity contribution in [2.45, 2.75) is 38.3 Å². The van der Waals surface area contributed by atoms with Gasteiger partial charge in [-0.2, -0.15) is 13.2 Å². The number of anilines is 1. The maximum Gasteiger partial charge on any atom is 0.417 e. The molecule has 0 amide bonds. The molecule has 9 heteroatoms. The summed E-state index contributed by atoms with van der Waals surface area (Å²) in [5.74, 6) is 0. The Morgan fingerprint density at radius 2 is 1.72 bits per heavy atom. The number of sulfonamides is 1. The number of hydrogen-bond acceptors (Lipinski definition) is 3. The molecular formula is C23H23F3N2O2S2. The van der Waals surface area contributed by atoms with Crippen LogP contribution in [0, 0.1) is 0 Å². The van der Waals surface area contributed by atoms with E-state index in [1.54, 1.807) is 18.2 Å². The van der Waals surface area contributed by atoms with Crippen LogP contribution in [0.3, 0.4) is 0 Å². The number of para-hydroxylation sites is 1. The van der Waals surface area contributed by atoms with Gasteiger partial charge in [-0.05, 0) is 42.0 Å². The molecule has 0 radical (unpaired) electrons. The van der Waals surface area contributed by atoms with E-state index in [1.807, 2.05) is 32.2 Å². The number of rotatable bonds is 6. The Labute approximate surface area is 188 Å². The number of benzene rings is 2. The van der Waals surface area contributed by atoms with Gasteiger partial charge in [-0.15, -0.1) is 11.3 Å². The van der Waals surface area contributed by atoms with Gasteiger partial charge in [-0.25, -0.2) is 8.42 Å². The first-order valence-corrected chi connectivity index (χ1v) is 12.9. The molecule has 4 rings (SSSR count). The Morgan fingerprint density at radius 1 is 1.03 bits per heavy atom. The molecule has 0 aliphatic carbocycles. The van der Waals surface area contributed by atoms with Crippen molar-refractivity contribution in [2.24, 2.45) is 0 Å². The van der Waals surface area contributed by atoms with E-state index in [4.69, 9.17) is 0 Å². The van der Waals surface area contributed by atoms with Crippen LogP contribution in [0.15, 0.2) is 48.7 Å². The van der Waals surface area contributed by atoms with Crippen molar-refractivity contribution < 1.29 is 21.6 Å². The van der Waals surface area contributed by atoms with E-state index in [9.17, 15) is 21.6 Å². The topological polar surface area (TPSA) is 62.0 Å². The molecule has 0 unspecified atom stereocenters. The fourth-order valence-electron chi connectivity index (χ4n) is 4.47. The predicted molar refractivity (Wildman–Crippen MR) is 125 cm³/mol. The lowest BCUT2D eigenvalue weighted by Crippen LogP contribution is -2.24. The van der Waals surface area contributed by atoms with E-state index < -0.39 is 27.2 Å². The number of fused-ring (bicyclic) bond motifs is 2. The molecule has 2 heterocycles. The van der Waals surface area contributed by atoms with Gasteiger partial charge in [0.15, 0.2) is 0 Å². The zero-order valence-corrected chi connectivity index (χ0v) is 19.4. The minimum atomic E-state index is -4.42. The molecule has 0 bridgehead atoms. The first kappa shape index (κ1) is 22.7. The average Bonchev–Trinajstić information content (AvgIpc) is 3.33. The minimum absolute atomic E-state index is 0.237. The van der Waals surface area contributed by atoms with E-state index >= 15 is 0 Å². The van der Waals surface area contributed by atoms with E-state index in [0.29, 0.717) is 29.4 Å². The smallest absolute Gasteiger partial charge is 0.359 e. The highest BCUT2D eigenvalue weighted by Gasteiger charge is 2.37. The molecule has 4 aromatic rings. The zero-order chi connectivity index (χ0) is 23.3. The summed E-state index contributed by atoms with van der Waals surface area (Å²) in [7, 11) is -3.47. The fourth-order valence-corrected chi connectivity index (χ4v) is 6.58. The number of thiophene rings is 1. The lowest BCUT2D eigenvalue weighted by atomic mass is 9.74. The average molecular weight is 481 g/mol. The third-order valence-corrected chi connectivity index (χ3v) is 8.03. The number of halogens is 3. The molecular weight excluding hydrogens is 457 g/mol. The van der Waals surface area contributed by atoms with Crippen molar-refractivity contribution in [1.29, 1.82) is 0 Å². The quantitative estimate of drug-likeness (QED) is 0.316. The SMILES string of the molecule is CCC(CC)(c1cc2cccc(C(F)(F)F)c2s1)c1c[nH]c2c(NS(C)(=O)=O)cccc12. The van der Waals surface area contributed by atoms with Gasteiger partial charge >= 0.3 is 6.18 Å². The summed E-state index contributed by atoms with van der Waals surface area (Å²) in [6, 6.07) is 11.5. The lowest BCUT2D eigenvalue weighted by Gasteiger charge is -2.31. The first-order valence-electron chi connectivity index (χ1n) is 10.2. The van der Waals surface area contributed by atoms with E-state index in [1.165, 1.54) is 17.4 Å². The highest BCUT2D eigenvalue weighted by molar-refractivity contribution is 7.92. The molecule has 4 nitrogen and oxygen atoms in total. The zero-order valence-electron chi connectivity index (χ0n) is 17.8. The molecule has 0 saturated heterocycles. The fraction of sp³-hybridized carbons (Fsp3) is 0.304. The molecule has 170 valence electrons.